The Morgan fingerprint density at radius 1 is 1.06 bits per heavy atom. The molecule has 0 unspecified atom stereocenters. The van der Waals surface area contributed by atoms with Crippen molar-refractivity contribution in [3.63, 3.8) is 0 Å². The highest BCUT2D eigenvalue weighted by Crippen LogP contribution is 2.26. The van der Waals surface area contributed by atoms with E-state index in [-0.39, 0.29) is 35.7 Å². The van der Waals surface area contributed by atoms with Crippen LogP contribution in [0, 0.1) is 11.8 Å². The maximum Gasteiger partial charge on any atom is 0.338 e. The highest BCUT2D eigenvalue weighted by atomic mass is 16.5. The maximum atomic E-state index is 12.7. The summed E-state index contributed by atoms with van der Waals surface area (Å²) in [5, 5.41) is 0. The van der Waals surface area contributed by atoms with Crippen LogP contribution < -0.4 is 0 Å². The largest absolute Gasteiger partial charge is 0.467 e. The number of hydrogen-bond acceptors (Lipinski definition) is 6. The van der Waals surface area contributed by atoms with Gasteiger partial charge in [-0.25, -0.2) is 4.79 Å². The summed E-state index contributed by atoms with van der Waals surface area (Å²) in [6, 6.07) is 7.55. The molecule has 2 aliphatic heterocycles. The van der Waals surface area contributed by atoms with E-state index in [0.29, 0.717) is 30.7 Å². The van der Waals surface area contributed by atoms with Crippen LogP contribution >= 0.6 is 0 Å². The Balaban J connectivity index is 1.41. The van der Waals surface area contributed by atoms with Gasteiger partial charge in [0.1, 0.15) is 5.76 Å². The number of imide groups is 1. The summed E-state index contributed by atoms with van der Waals surface area (Å²) in [5.41, 5.74) is 0.476. The van der Waals surface area contributed by atoms with Gasteiger partial charge in [0, 0.05) is 13.1 Å². The van der Waals surface area contributed by atoms with E-state index < -0.39 is 17.8 Å². The molecule has 1 aromatic carbocycles. The highest BCUT2D eigenvalue weighted by Gasteiger charge is 2.36. The van der Waals surface area contributed by atoms with Crippen molar-refractivity contribution < 1.29 is 28.3 Å². The van der Waals surface area contributed by atoms with Gasteiger partial charge in [0.05, 0.1) is 29.5 Å². The van der Waals surface area contributed by atoms with E-state index in [2.05, 4.69) is 13.8 Å². The topological polar surface area (TPSA) is 97.1 Å². The molecule has 2 atom stereocenters. The van der Waals surface area contributed by atoms with E-state index >= 15 is 0 Å². The Hall–Kier alpha value is -3.42. The molecule has 0 radical (unpaired) electrons. The van der Waals surface area contributed by atoms with Gasteiger partial charge >= 0.3 is 5.97 Å². The van der Waals surface area contributed by atoms with Gasteiger partial charge in [-0.1, -0.05) is 13.8 Å². The lowest BCUT2D eigenvalue weighted by Gasteiger charge is -2.34. The fourth-order valence-electron chi connectivity index (χ4n) is 4.29. The first-order chi connectivity index (χ1) is 14.8. The zero-order valence-corrected chi connectivity index (χ0v) is 17.5. The minimum Gasteiger partial charge on any atom is -0.467 e. The Bertz CT molecular complexity index is 1020. The molecule has 0 saturated carbocycles. The van der Waals surface area contributed by atoms with Crippen LogP contribution in [0.5, 0.6) is 0 Å². The summed E-state index contributed by atoms with van der Waals surface area (Å²) in [6.07, 6.45) is 2.54. The van der Waals surface area contributed by atoms with E-state index in [0.717, 1.165) is 11.3 Å². The lowest BCUT2D eigenvalue weighted by atomic mass is 9.92. The monoisotopic (exact) mass is 424 g/mol. The van der Waals surface area contributed by atoms with Crippen molar-refractivity contribution in [1.82, 2.24) is 9.80 Å². The van der Waals surface area contributed by atoms with Gasteiger partial charge in [-0.15, -0.1) is 0 Å². The second kappa shape index (κ2) is 8.37. The number of carbonyl (C=O) groups excluding carboxylic acids is 4. The van der Waals surface area contributed by atoms with E-state index in [9.17, 15) is 19.2 Å². The number of piperidine rings is 1. The lowest BCUT2D eigenvalue weighted by Crippen LogP contribution is -2.44. The van der Waals surface area contributed by atoms with Crippen LogP contribution in [0.4, 0.5) is 0 Å². The van der Waals surface area contributed by atoms with Gasteiger partial charge in [0.2, 0.25) is 0 Å². The average molecular weight is 424 g/mol. The molecule has 0 bridgehead atoms. The maximum absolute atomic E-state index is 12.7. The number of fused-ring (bicyclic) bond motifs is 1. The SMILES string of the molecule is C[C@@H]1C[C@@H](C)CN(C(=O)COC(=O)c2ccc3c(c2)C(=O)N(Cc2ccco2)C3=O)C1. The number of likely N-dealkylation sites (tertiary alicyclic amines) is 1. The van der Waals surface area contributed by atoms with E-state index in [4.69, 9.17) is 9.15 Å². The van der Waals surface area contributed by atoms with Crippen molar-refractivity contribution in [2.24, 2.45) is 11.8 Å². The standard InChI is InChI=1S/C23H24N2O6/c1-14-8-15(2)11-24(10-14)20(26)13-31-23(29)16-5-6-18-19(9-16)22(28)25(21(18)27)12-17-4-3-7-30-17/h3-7,9,14-15H,8,10-13H2,1-2H3/t14-,15-/m1/s1. The molecule has 1 saturated heterocycles. The third-order valence-corrected chi connectivity index (χ3v) is 5.65. The minimum absolute atomic E-state index is 0.0142. The van der Waals surface area contributed by atoms with Crippen LogP contribution in [0.1, 0.15) is 57.1 Å². The minimum atomic E-state index is -0.709. The molecule has 4 rings (SSSR count). The van der Waals surface area contributed by atoms with E-state index in [1.54, 1.807) is 17.0 Å². The van der Waals surface area contributed by atoms with Gasteiger partial charge in [0.25, 0.3) is 17.7 Å². The first-order valence-corrected chi connectivity index (χ1v) is 10.3. The van der Waals surface area contributed by atoms with Gasteiger partial charge < -0.3 is 14.1 Å². The average Bonchev–Trinajstić information content (AvgIpc) is 3.34. The van der Waals surface area contributed by atoms with Crippen molar-refractivity contribution in [3.8, 4) is 0 Å². The molecule has 8 nitrogen and oxygen atoms in total. The molecular weight excluding hydrogens is 400 g/mol. The zero-order valence-electron chi connectivity index (χ0n) is 17.5. The number of nitrogens with zero attached hydrogens (tertiary/aromatic N) is 2. The quantitative estimate of drug-likeness (QED) is 0.541. The second-order valence-electron chi connectivity index (χ2n) is 8.36. The predicted molar refractivity (Wildman–Crippen MR) is 109 cm³/mol. The predicted octanol–water partition coefficient (Wildman–Crippen LogP) is 2.74. The second-order valence-corrected chi connectivity index (χ2v) is 8.36. The number of ether oxygens (including phenoxy) is 1. The summed E-state index contributed by atoms with van der Waals surface area (Å²) in [5.74, 6) is -0.587. The Morgan fingerprint density at radius 3 is 2.45 bits per heavy atom. The van der Waals surface area contributed by atoms with E-state index in [1.807, 2.05) is 0 Å². The van der Waals surface area contributed by atoms with Crippen molar-refractivity contribution >= 4 is 23.7 Å². The molecular formula is C23H24N2O6. The number of esters is 1. The summed E-state index contributed by atoms with van der Waals surface area (Å²) in [6.45, 7) is 5.16. The Kier molecular flexibility index (Phi) is 5.63. The smallest absolute Gasteiger partial charge is 0.338 e. The molecule has 0 aliphatic carbocycles. The molecule has 3 heterocycles. The van der Waals surface area contributed by atoms with Crippen LogP contribution in [-0.4, -0.2) is 53.2 Å². The molecule has 2 aromatic rings. The molecule has 3 amide bonds. The highest BCUT2D eigenvalue weighted by molar-refractivity contribution is 6.21. The molecule has 31 heavy (non-hydrogen) atoms. The Labute approximate surface area is 179 Å². The number of furan rings is 1. The first kappa shape index (κ1) is 20.8. The number of benzene rings is 1. The van der Waals surface area contributed by atoms with Crippen molar-refractivity contribution in [2.75, 3.05) is 19.7 Å². The molecule has 1 fully saturated rings. The summed E-state index contributed by atoms with van der Waals surface area (Å²) in [4.78, 5) is 52.9. The number of carbonyl (C=O) groups is 4. The first-order valence-electron chi connectivity index (χ1n) is 10.3. The molecule has 0 spiro atoms. The summed E-state index contributed by atoms with van der Waals surface area (Å²) in [7, 11) is 0. The van der Waals surface area contributed by atoms with Gasteiger partial charge in [-0.2, -0.15) is 0 Å². The van der Waals surface area contributed by atoms with Crippen LogP contribution in [0.3, 0.4) is 0 Å². The molecule has 8 heteroatoms. The Morgan fingerprint density at radius 2 is 1.77 bits per heavy atom. The van der Waals surface area contributed by atoms with Crippen LogP contribution in [0.15, 0.2) is 41.0 Å². The normalized spacial score (nSPS) is 20.7. The lowest BCUT2D eigenvalue weighted by molar-refractivity contribution is -0.137. The fraction of sp³-hybridized carbons (Fsp3) is 0.391. The van der Waals surface area contributed by atoms with Crippen LogP contribution in [-0.2, 0) is 16.1 Å². The zero-order chi connectivity index (χ0) is 22.1. The van der Waals surface area contributed by atoms with Crippen LogP contribution in [0.25, 0.3) is 0 Å². The molecule has 162 valence electrons. The van der Waals surface area contributed by atoms with E-state index in [1.165, 1.54) is 24.5 Å². The van der Waals surface area contributed by atoms with Crippen LogP contribution in [0.2, 0.25) is 0 Å². The number of amides is 3. The molecule has 0 N–H and O–H groups in total. The third kappa shape index (κ3) is 4.23. The number of rotatable bonds is 5. The van der Waals surface area contributed by atoms with Crippen molar-refractivity contribution in [2.45, 2.75) is 26.8 Å². The third-order valence-electron chi connectivity index (χ3n) is 5.65. The van der Waals surface area contributed by atoms with Gasteiger partial charge in [-0.3, -0.25) is 19.3 Å². The number of hydrogen-bond donors (Lipinski definition) is 0. The fourth-order valence-corrected chi connectivity index (χ4v) is 4.29. The van der Waals surface area contributed by atoms with Crippen molar-refractivity contribution in [3.05, 3.63) is 59.0 Å². The van der Waals surface area contributed by atoms with Gasteiger partial charge in [0.15, 0.2) is 6.61 Å². The summed E-state index contributed by atoms with van der Waals surface area (Å²) >= 11 is 0. The van der Waals surface area contributed by atoms with Crippen molar-refractivity contribution in [1.29, 1.82) is 0 Å². The van der Waals surface area contributed by atoms with Gasteiger partial charge in [-0.05, 0) is 48.6 Å². The molecule has 1 aromatic heterocycles. The molecule has 2 aliphatic rings. The summed E-state index contributed by atoms with van der Waals surface area (Å²) < 4.78 is 10.4.